The smallest absolute Gasteiger partial charge is 0.323 e. The van der Waals surface area contributed by atoms with Gasteiger partial charge >= 0.3 is 5.97 Å². The number of rotatable bonds is 3. The Morgan fingerprint density at radius 2 is 1.84 bits per heavy atom. The predicted molar refractivity (Wildman–Crippen MR) is 70.7 cm³/mol. The van der Waals surface area contributed by atoms with Crippen LogP contribution < -0.4 is 0 Å². The van der Waals surface area contributed by atoms with E-state index < -0.39 is 0 Å². The summed E-state index contributed by atoms with van der Waals surface area (Å²) in [7, 11) is 3.47. The molecule has 2 fully saturated rings. The van der Waals surface area contributed by atoms with Crippen molar-refractivity contribution in [1.82, 2.24) is 14.7 Å². The second-order valence-electron chi connectivity index (χ2n) is 5.34. The number of esters is 1. The lowest BCUT2D eigenvalue weighted by atomic mass is 10.2. The highest BCUT2D eigenvalue weighted by Gasteiger charge is 2.33. The number of methoxy groups -OCH3 is 1. The van der Waals surface area contributed by atoms with Gasteiger partial charge in [-0.15, -0.1) is 0 Å². The third-order valence-corrected chi connectivity index (χ3v) is 4.03. The molecule has 0 radical (unpaired) electrons. The van der Waals surface area contributed by atoms with Crippen LogP contribution in [0.1, 0.15) is 12.8 Å². The van der Waals surface area contributed by atoms with Crippen LogP contribution >= 0.6 is 0 Å². The van der Waals surface area contributed by atoms with Gasteiger partial charge in [0.2, 0.25) is 5.91 Å². The molecule has 1 atom stereocenters. The first-order valence-corrected chi connectivity index (χ1v) is 6.90. The highest BCUT2D eigenvalue weighted by Crippen LogP contribution is 2.18. The average molecular weight is 269 g/mol. The minimum absolute atomic E-state index is 0.129. The van der Waals surface area contributed by atoms with Gasteiger partial charge in [-0.3, -0.25) is 14.5 Å². The van der Waals surface area contributed by atoms with Gasteiger partial charge in [0.05, 0.1) is 13.7 Å². The second kappa shape index (κ2) is 6.34. The molecule has 6 nitrogen and oxygen atoms in total. The Morgan fingerprint density at radius 1 is 1.16 bits per heavy atom. The summed E-state index contributed by atoms with van der Waals surface area (Å²) < 4.78 is 4.79. The summed E-state index contributed by atoms with van der Waals surface area (Å²) in [6.45, 7) is 4.55. The number of piperazine rings is 1. The molecule has 0 aliphatic carbocycles. The normalized spacial score (nSPS) is 25.6. The van der Waals surface area contributed by atoms with Gasteiger partial charge in [0, 0.05) is 26.2 Å². The van der Waals surface area contributed by atoms with E-state index in [2.05, 4.69) is 11.9 Å². The van der Waals surface area contributed by atoms with Gasteiger partial charge in [0.25, 0.3) is 0 Å². The van der Waals surface area contributed by atoms with Crippen LogP contribution in [0.4, 0.5) is 0 Å². The maximum absolute atomic E-state index is 12.2. The van der Waals surface area contributed by atoms with Crippen molar-refractivity contribution >= 4 is 11.9 Å². The van der Waals surface area contributed by atoms with Gasteiger partial charge < -0.3 is 14.5 Å². The molecule has 0 spiro atoms. The number of likely N-dealkylation sites (N-methyl/N-ethyl adjacent to an activating group) is 1. The molecule has 0 aromatic heterocycles. The highest BCUT2D eigenvalue weighted by atomic mass is 16.5. The summed E-state index contributed by atoms with van der Waals surface area (Å²) in [4.78, 5) is 29.9. The van der Waals surface area contributed by atoms with Crippen LogP contribution in [0.25, 0.3) is 0 Å². The molecule has 1 unspecified atom stereocenters. The quantitative estimate of drug-likeness (QED) is 0.640. The van der Waals surface area contributed by atoms with Gasteiger partial charge in [-0.1, -0.05) is 0 Å². The molecule has 0 aromatic carbocycles. The van der Waals surface area contributed by atoms with E-state index in [1.807, 2.05) is 9.80 Å². The number of hydrogen-bond acceptors (Lipinski definition) is 5. The van der Waals surface area contributed by atoms with Crippen LogP contribution in [-0.2, 0) is 14.3 Å². The van der Waals surface area contributed by atoms with Crippen LogP contribution in [-0.4, -0.2) is 86.0 Å². The van der Waals surface area contributed by atoms with Gasteiger partial charge in [0.15, 0.2) is 0 Å². The monoisotopic (exact) mass is 269 g/mol. The number of nitrogens with zero attached hydrogens (tertiary/aromatic N) is 3. The molecule has 2 aliphatic rings. The van der Waals surface area contributed by atoms with Crippen LogP contribution in [0.5, 0.6) is 0 Å². The van der Waals surface area contributed by atoms with Crippen molar-refractivity contribution in [3.05, 3.63) is 0 Å². The van der Waals surface area contributed by atoms with Crippen molar-refractivity contribution in [3.63, 3.8) is 0 Å². The molecule has 1 amide bonds. The zero-order valence-corrected chi connectivity index (χ0v) is 11.8. The largest absolute Gasteiger partial charge is 0.468 e. The Hall–Kier alpha value is -1.14. The van der Waals surface area contributed by atoms with Gasteiger partial charge in [-0.2, -0.15) is 0 Å². The number of carbonyl (C=O) groups excluding carboxylic acids is 2. The molecule has 19 heavy (non-hydrogen) atoms. The third kappa shape index (κ3) is 3.45. The fourth-order valence-corrected chi connectivity index (χ4v) is 2.75. The highest BCUT2D eigenvalue weighted by molar-refractivity contribution is 5.81. The standard InChI is InChI=1S/C13H23N3O3/c1-14-6-8-15(9-7-14)12(17)10-16-5-3-4-11(16)13(18)19-2/h11H,3-10H2,1-2H3. The Labute approximate surface area is 114 Å². The number of carbonyl (C=O) groups is 2. The number of hydrogen-bond donors (Lipinski definition) is 0. The van der Waals surface area contributed by atoms with Crippen molar-refractivity contribution in [1.29, 1.82) is 0 Å². The van der Waals surface area contributed by atoms with E-state index >= 15 is 0 Å². The minimum Gasteiger partial charge on any atom is -0.468 e. The first-order chi connectivity index (χ1) is 9.11. The van der Waals surface area contributed by atoms with Crippen molar-refractivity contribution < 1.29 is 14.3 Å². The zero-order valence-electron chi connectivity index (χ0n) is 11.8. The summed E-state index contributed by atoms with van der Waals surface area (Å²) in [5.41, 5.74) is 0. The van der Waals surface area contributed by atoms with E-state index in [0.717, 1.165) is 45.6 Å². The Morgan fingerprint density at radius 3 is 2.47 bits per heavy atom. The fourth-order valence-electron chi connectivity index (χ4n) is 2.75. The molecule has 2 saturated heterocycles. The molecule has 0 N–H and O–H groups in total. The molecule has 2 rings (SSSR count). The number of likely N-dealkylation sites (tertiary alicyclic amines) is 1. The Kier molecular flexibility index (Phi) is 4.76. The predicted octanol–water partition coefficient (Wildman–Crippen LogP) is -0.602. The Balaban J connectivity index is 1.86. The molecule has 0 aromatic rings. The van der Waals surface area contributed by atoms with Gasteiger partial charge in [0.1, 0.15) is 6.04 Å². The Bertz CT molecular complexity index is 340. The number of ether oxygens (including phenoxy) is 1. The van der Waals surface area contributed by atoms with E-state index in [4.69, 9.17) is 4.74 Å². The summed E-state index contributed by atoms with van der Waals surface area (Å²) in [6.07, 6.45) is 1.75. The van der Waals surface area contributed by atoms with Crippen LogP contribution in [0.3, 0.4) is 0 Å². The van der Waals surface area contributed by atoms with Gasteiger partial charge in [-0.25, -0.2) is 0 Å². The summed E-state index contributed by atoms with van der Waals surface area (Å²) >= 11 is 0. The van der Waals surface area contributed by atoms with Crippen LogP contribution in [0.2, 0.25) is 0 Å². The SMILES string of the molecule is COC(=O)C1CCCN1CC(=O)N1CCN(C)CC1. The molecular weight excluding hydrogens is 246 g/mol. The van der Waals surface area contributed by atoms with E-state index in [1.165, 1.54) is 7.11 Å². The average Bonchev–Trinajstić information content (AvgIpc) is 2.86. The molecule has 0 saturated carbocycles. The van der Waals surface area contributed by atoms with E-state index in [9.17, 15) is 9.59 Å². The van der Waals surface area contributed by atoms with Crippen molar-refractivity contribution in [2.45, 2.75) is 18.9 Å². The first kappa shape index (κ1) is 14.3. The topological polar surface area (TPSA) is 53.1 Å². The lowest BCUT2D eigenvalue weighted by molar-refractivity contribution is -0.147. The number of amides is 1. The molecule has 6 heteroatoms. The molecule has 2 aliphatic heterocycles. The van der Waals surface area contributed by atoms with E-state index in [1.54, 1.807) is 0 Å². The molecule has 108 valence electrons. The van der Waals surface area contributed by atoms with E-state index in [-0.39, 0.29) is 17.9 Å². The van der Waals surface area contributed by atoms with Crippen molar-refractivity contribution in [3.8, 4) is 0 Å². The van der Waals surface area contributed by atoms with Crippen LogP contribution in [0, 0.1) is 0 Å². The maximum Gasteiger partial charge on any atom is 0.323 e. The fraction of sp³-hybridized carbons (Fsp3) is 0.846. The summed E-state index contributed by atoms with van der Waals surface area (Å²) in [5.74, 6) is -0.0902. The first-order valence-electron chi connectivity index (χ1n) is 6.90. The third-order valence-electron chi connectivity index (χ3n) is 4.03. The van der Waals surface area contributed by atoms with Gasteiger partial charge in [-0.05, 0) is 26.4 Å². The lowest BCUT2D eigenvalue weighted by Crippen LogP contribution is -2.51. The second-order valence-corrected chi connectivity index (χ2v) is 5.34. The summed E-state index contributed by atoms with van der Waals surface area (Å²) in [5, 5.41) is 0. The molecule has 0 bridgehead atoms. The summed E-state index contributed by atoms with van der Waals surface area (Å²) in [6, 6.07) is -0.235. The molecule has 2 heterocycles. The van der Waals surface area contributed by atoms with Crippen LogP contribution in [0.15, 0.2) is 0 Å². The minimum atomic E-state index is -0.235. The van der Waals surface area contributed by atoms with E-state index in [0.29, 0.717) is 6.54 Å². The molecular formula is C13H23N3O3. The lowest BCUT2D eigenvalue weighted by Gasteiger charge is -2.34. The van der Waals surface area contributed by atoms with Crippen molar-refractivity contribution in [2.24, 2.45) is 0 Å². The zero-order chi connectivity index (χ0) is 13.8. The maximum atomic E-state index is 12.2. The van der Waals surface area contributed by atoms with Crippen molar-refractivity contribution in [2.75, 3.05) is 53.4 Å².